The van der Waals surface area contributed by atoms with Crippen molar-refractivity contribution in [2.45, 2.75) is 30.1 Å². The molecule has 0 aliphatic carbocycles. The number of fused-ring (bicyclic) bond motifs is 1. The number of sulfonamides is 1. The van der Waals surface area contributed by atoms with Crippen LogP contribution >= 0.6 is 0 Å². The van der Waals surface area contributed by atoms with E-state index < -0.39 is 25.8 Å². The Morgan fingerprint density at radius 3 is 2.41 bits per heavy atom. The van der Waals surface area contributed by atoms with Gasteiger partial charge >= 0.3 is 0 Å². The molecule has 11 heteroatoms. The Morgan fingerprint density at radius 1 is 1.08 bits per heavy atom. The molecule has 1 aromatic heterocycles. The summed E-state index contributed by atoms with van der Waals surface area (Å²) in [6.07, 6.45) is 4.96. The second-order valence-electron chi connectivity index (χ2n) is 10.0. The number of piperidine rings is 1. The molecule has 2 aromatic carbocycles. The van der Waals surface area contributed by atoms with Crippen LogP contribution in [0.25, 0.3) is 22.0 Å². The Bertz CT molecular complexity index is 1520. The first-order chi connectivity index (χ1) is 17.4. The fraction of sp³-hybridized carbons (Fsp3) is 0.423. The van der Waals surface area contributed by atoms with Gasteiger partial charge in [-0.3, -0.25) is 4.79 Å². The number of H-pyrrole nitrogens is 1. The first kappa shape index (κ1) is 27.3. The Labute approximate surface area is 218 Å². The van der Waals surface area contributed by atoms with E-state index in [1.807, 2.05) is 31.3 Å². The number of aromatic amines is 1. The average Bonchev–Trinajstić information content (AvgIpc) is 3.26. The second kappa shape index (κ2) is 10.6. The van der Waals surface area contributed by atoms with Gasteiger partial charge < -0.3 is 15.6 Å². The van der Waals surface area contributed by atoms with Gasteiger partial charge in [-0.2, -0.15) is 0 Å². The number of aromatic nitrogens is 1. The average molecular weight is 547 g/mol. The molecular formula is C26H34N4O5S2. The Kier molecular flexibility index (Phi) is 7.80. The van der Waals surface area contributed by atoms with Gasteiger partial charge in [-0.05, 0) is 86.8 Å². The third kappa shape index (κ3) is 6.06. The number of benzene rings is 2. The standard InChI is InChI=1S/C26H34N4O5S2/c1-29(2)10-5-13-37(34,35)30-11-8-18(9-12-30)24-17-28-25-22(24)15-20(16-23(25)26(27)31)19-6-4-7-21(14-19)36(3,32)33/h4,6-7,14-18,28H,5,8-13H2,1-3H3,(H2,27,31). The summed E-state index contributed by atoms with van der Waals surface area (Å²) in [6.45, 7) is 1.61. The summed E-state index contributed by atoms with van der Waals surface area (Å²) in [6, 6.07) is 10.2. The zero-order valence-electron chi connectivity index (χ0n) is 21.4. The van der Waals surface area contributed by atoms with E-state index in [-0.39, 0.29) is 16.6 Å². The molecule has 0 bridgehead atoms. The van der Waals surface area contributed by atoms with E-state index in [9.17, 15) is 21.6 Å². The van der Waals surface area contributed by atoms with Crippen molar-refractivity contribution in [1.82, 2.24) is 14.2 Å². The smallest absolute Gasteiger partial charge is 0.250 e. The van der Waals surface area contributed by atoms with Gasteiger partial charge in [-0.1, -0.05) is 12.1 Å². The number of primary amides is 1. The molecule has 37 heavy (non-hydrogen) atoms. The van der Waals surface area contributed by atoms with Crippen LogP contribution in [0.5, 0.6) is 0 Å². The van der Waals surface area contributed by atoms with E-state index in [2.05, 4.69) is 4.98 Å². The Morgan fingerprint density at radius 2 is 1.78 bits per heavy atom. The van der Waals surface area contributed by atoms with E-state index in [1.54, 1.807) is 28.6 Å². The predicted octanol–water partition coefficient (Wildman–Crippen LogP) is 2.80. The molecule has 200 valence electrons. The van der Waals surface area contributed by atoms with Gasteiger partial charge in [-0.15, -0.1) is 0 Å². The SMILES string of the molecule is CN(C)CCCS(=O)(=O)N1CCC(c2c[nH]c3c(C(N)=O)cc(-c4cccc(S(C)(=O)=O)c4)cc23)CC1. The van der Waals surface area contributed by atoms with Crippen molar-refractivity contribution in [3.8, 4) is 11.1 Å². The molecule has 1 amide bonds. The minimum Gasteiger partial charge on any atom is -0.366 e. The van der Waals surface area contributed by atoms with Crippen LogP contribution in [-0.4, -0.2) is 82.7 Å². The maximum absolute atomic E-state index is 12.8. The van der Waals surface area contributed by atoms with Crippen LogP contribution in [0.4, 0.5) is 0 Å². The first-order valence-electron chi connectivity index (χ1n) is 12.2. The number of hydrogen-bond acceptors (Lipinski definition) is 6. The number of nitrogens with two attached hydrogens (primary N) is 1. The molecular weight excluding hydrogens is 512 g/mol. The van der Waals surface area contributed by atoms with E-state index >= 15 is 0 Å². The topological polar surface area (TPSA) is 134 Å². The third-order valence-electron chi connectivity index (χ3n) is 6.98. The molecule has 1 aliphatic rings. The van der Waals surface area contributed by atoms with E-state index in [1.165, 1.54) is 6.07 Å². The van der Waals surface area contributed by atoms with Crippen molar-refractivity contribution in [3.63, 3.8) is 0 Å². The summed E-state index contributed by atoms with van der Waals surface area (Å²) in [5.41, 5.74) is 9.02. The maximum Gasteiger partial charge on any atom is 0.250 e. The van der Waals surface area contributed by atoms with Crippen LogP contribution in [-0.2, 0) is 19.9 Å². The van der Waals surface area contributed by atoms with Crippen LogP contribution in [0.3, 0.4) is 0 Å². The first-order valence-corrected chi connectivity index (χ1v) is 15.7. The van der Waals surface area contributed by atoms with Gasteiger partial charge in [0.1, 0.15) is 0 Å². The van der Waals surface area contributed by atoms with Crippen LogP contribution in [0.15, 0.2) is 47.5 Å². The fourth-order valence-corrected chi connectivity index (χ4v) is 7.18. The molecule has 0 atom stereocenters. The van der Waals surface area contributed by atoms with Crippen molar-refractivity contribution >= 4 is 36.7 Å². The molecule has 0 saturated carbocycles. The lowest BCUT2D eigenvalue weighted by Gasteiger charge is -2.31. The van der Waals surface area contributed by atoms with Gasteiger partial charge in [0.05, 0.1) is 21.7 Å². The van der Waals surface area contributed by atoms with Crippen LogP contribution in [0, 0.1) is 0 Å². The molecule has 3 N–H and O–H groups in total. The summed E-state index contributed by atoms with van der Waals surface area (Å²) in [4.78, 5) is 17.7. The minimum atomic E-state index is -3.40. The monoisotopic (exact) mass is 546 g/mol. The predicted molar refractivity (Wildman–Crippen MR) is 146 cm³/mol. The highest BCUT2D eigenvalue weighted by Gasteiger charge is 2.30. The molecule has 0 radical (unpaired) electrons. The van der Waals surface area contributed by atoms with Gasteiger partial charge in [0.2, 0.25) is 10.0 Å². The lowest BCUT2D eigenvalue weighted by molar-refractivity contribution is 0.100. The van der Waals surface area contributed by atoms with Crippen LogP contribution in [0.2, 0.25) is 0 Å². The quantitative estimate of drug-likeness (QED) is 0.424. The van der Waals surface area contributed by atoms with Gasteiger partial charge in [0, 0.05) is 30.9 Å². The van der Waals surface area contributed by atoms with Crippen molar-refractivity contribution in [1.29, 1.82) is 0 Å². The van der Waals surface area contributed by atoms with Crippen molar-refractivity contribution in [2.24, 2.45) is 5.73 Å². The highest BCUT2D eigenvalue weighted by molar-refractivity contribution is 7.90. The second-order valence-corrected chi connectivity index (χ2v) is 14.1. The fourth-order valence-electron chi connectivity index (χ4n) is 5.00. The molecule has 1 aliphatic heterocycles. The molecule has 0 unspecified atom stereocenters. The number of nitrogens with one attached hydrogen (secondary N) is 1. The number of amides is 1. The van der Waals surface area contributed by atoms with Crippen molar-refractivity contribution in [3.05, 3.63) is 53.7 Å². The minimum absolute atomic E-state index is 0.111. The molecule has 1 saturated heterocycles. The third-order valence-corrected chi connectivity index (χ3v) is 10.0. The van der Waals surface area contributed by atoms with E-state index in [4.69, 9.17) is 5.73 Å². The van der Waals surface area contributed by atoms with Gasteiger partial charge in [-0.25, -0.2) is 21.1 Å². The lowest BCUT2D eigenvalue weighted by Crippen LogP contribution is -2.39. The summed E-state index contributed by atoms with van der Waals surface area (Å²) in [5.74, 6) is -0.334. The van der Waals surface area contributed by atoms with E-state index in [0.717, 1.165) is 23.8 Å². The maximum atomic E-state index is 12.8. The highest BCUT2D eigenvalue weighted by atomic mass is 32.2. The van der Waals surface area contributed by atoms with Crippen molar-refractivity contribution in [2.75, 3.05) is 45.7 Å². The summed E-state index contributed by atoms with van der Waals surface area (Å²) < 4.78 is 51.3. The number of carbonyl (C=O) groups excluding carboxylic acids is 1. The van der Waals surface area contributed by atoms with Gasteiger partial charge in [0.15, 0.2) is 9.84 Å². The Balaban J connectivity index is 1.63. The molecule has 0 spiro atoms. The number of sulfone groups is 1. The zero-order valence-corrected chi connectivity index (χ0v) is 23.0. The number of carbonyl (C=O) groups is 1. The molecule has 3 aromatic rings. The molecule has 1 fully saturated rings. The molecule has 2 heterocycles. The summed E-state index contributed by atoms with van der Waals surface area (Å²) >= 11 is 0. The summed E-state index contributed by atoms with van der Waals surface area (Å²) in [5, 5.41) is 0.836. The zero-order chi connectivity index (χ0) is 27.0. The highest BCUT2D eigenvalue weighted by Crippen LogP contribution is 2.37. The Hall–Kier alpha value is -2.73. The lowest BCUT2D eigenvalue weighted by atomic mass is 9.88. The molecule has 9 nitrogen and oxygen atoms in total. The normalized spacial score (nSPS) is 16.0. The largest absolute Gasteiger partial charge is 0.366 e. The summed E-state index contributed by atoms with van der Waals surface area (Å²) in [7, 11) is -2.85. The van der Waals surface area contributed by atoms with E-state index in [0.29, 0.717) is 54.6 Å². The number of rotatable bonds is 9. The van der Waals surface area contributed by atoms with Crippen LogP contribution < -0.4 is 5.73 Å². The number of nitrogens with zero attached hydrogens (tertiary/aromatic N) is 2. The van der Waals surface area contributed by atoms with Gasteiger partial charge in [0.25, 0.3) is 5.91 Å². The van der Waals surface area contributed by atoms with Crippen LogP contribution in [0.1, 0.15) is 41.1 Å². The van der Waals surface area contributed by atoms with Crippen molar-refractivity contribution < 1.29 is 21.6 Å². The molecule has 4 rings (SSSR count). The number of hydrogen-bond donors (Lipinski definition) is 2.